The third-order valence-corrected chi connectivity index (χ3v) is 4.85. The first-order valence-electron chi connectivity index (χ1n) is 8.69. The van der Waals surface area contributed by atoms with Crippen LogP contribution in [0.15, 0.2) is 36.4 Å². The highest BCUT2D eigenvalue weighted by molar-refractivity contribution is 6.31. The Morgan fingerprint density at radius 1 is 0.893 bits per heavy atom. The Morgan fingerprint density at radius 2 is 1.43 bits per heavy atom. The van der Waals surface area contributed by atoms with E-state index in [4.69, 9.17) is 21.1 Å². The van der Waals surface area contributed by atoms with Crippen LogP contribution in [0.3, 0.4) is 0 Å². The van der Waals surface area contributed by atoms with Crippen LogP contribution < -0.4 is 9.47 Å². The van der Waals surface area contributed by atoms with Crippen molar-refractivity contribution in [1.29, 1.82) is 0 Å². The average molecular weight is 407 g/mol. The zero-order valence-electron chi connectivity index (χ0n) is 15.6. The van der Waals surface area contributed by atoms with E-state index in [9.17, 15) is 14.0 Å². The van der Waals surface area contributed by atoms with E-state index < -0.39 is 11.7 Å². The largest absolute Gasteiger partial charge is 0.497 e. The maximum absolute atomic E-state index is 13.9. The average Bonchev–Trinajstić information content (AvgIpc) is 2.74. The fourth-order valence-corrected chi connectivity index (χ4v) is 3.23. The summed E-state index contributed by atoms with van der Waals surface area (Å²) in [5.41, 5.74) is 0.377. The highest BCUT2D eigenvalue weighted by atomic mass is 35.5. The van der Waals surface area contributed by atoms with Crippen molar-refractivity contribution < 1.29 is 23.5 Å². The first-order valence-corrected chi connectivity index (χ1v) is 9.07. The fraction of sp³-hybridized carbons (Fsp3) is 0.300. The van der Waals surface area contributed by atoms with Crippen LogP contribution >= 0.6 is 11.6 Å². The van der Waals surface area contributed by atoms with Crippen molar-refractivity contribution in [1.82, 2.24) is 9.80 Å². The normalized spacial score (nSPS) is 14.0. The second kappa shape index (κ2) is 8.48. The van der Waals surface area contributed by atoms with Gasteiger partial charge in [0.05, 0.1) is 19.8 Å². The fourth-order valence-electron chi connectivity index (χ4n) is 3.06. The summed E-state index contributed by atoms with van der Waals surface area (Å²) in [5.74, 6) is -0.189. The van der Waals surface area contributed by atoms with Crippen molar-refractivity contribution in [3.05, 3.63) is 58.4 Å². The summed E-state index contributed by atoms with van der Waals surface area (Å²) in [6.45, 7) is 1.29. The molecule has 2 aromatic carbocycles. The number of piperazine rings is 1. The Balaban J connectivity index is 1.69. The van der Waals surface area contributed by atoms with Crippen LogP contribution in [0.2, 0.25) is 5.02 Å². The number of amides is 2. The van der Waals surface area contributed by atoms with Crippen molar-refractivity contribution in [2.75, 3.05) is 40.4 Å². The lowest BCUT2D eigenvalue weighted by Gasteiger charge is -2.35. The number of nitrogens with zero attached hydrogens (tertiary/aromatic N) is 2. The number of carbonyl (C=O) groups excluding carboxylic acids is 2. The molecule has 3 rings (SSSR count). The van der Waals surface area contributed by atoms with Crippen LogP contribution in [0.25, 0.3) is 0 Å². The van der Waals surface area contributed by atoms with Gasteiger partial charge in [-0.2, -0.15) is 0 Å². The van der Waals surface area contributed by atoms with Gasteiger partial charge in [-0.3, -0.25) is 9.59 Å². The van der Waals surface area contributed by atoms with Gasteiger partial charge in [0.2, 0.25) is 0 Å². The number of ether oxygens (including phenoxy) is 2. The lowest BCUT2D eigenvalue weighted by Crippen LogP contribution is -2.50. The van der Waals surface area contributed by atoms with Crippen molar-refractivity contribution in [2.45, 2.75) is 0 Å². The van der Waals surface area contributed by atoms with Gasteiger partial charge < -0.3 is 19.3 Å². The van der Waals surface area contributed by atoms with Crippen LogP contribution in [0.1, 0.15) is 20.7 Å². The number of carbonyl (C=O) groups is 2. The van der Waals surface area contributed by atoms with Gasteiger partial charge >= 0.3 is 0 Å². The molecule has 0 spiro atoms. The van der Waals surface area contributed by atoms with Crippen LogP contribution in [-0.2, 0) is 0 Å². The van der Waals surface area contributed by atoms with E-state index in [1.165, 1.54) is 37.3 Å². The molecule has 2 amide bonds. The minimum Gasteiger partial charge on any atom is -0.497 e. The van der Waals surface area contributed by atoms with E-state index in [0.29, 0.717) is 48.3 Å². The van der Waals surface area contributed by atoms with Crippen LogP contribution in [-0.4, -0.2) is 62.0 Å². The number of methoxy groups -OCH3 is 2. The molecule has 1 heterocycles. The Labute approximate surface area is 167 Å². The minimum absolute atomic E-state index is 0.0650. The second-order valence-electron chi connectivity index (χ2n) is 6.31. The summed E-state index contributed by atoms with van der Waals surface area (Å²) in [4.78, 5) is 28.6. The van der Waals surface area contributed by atoms with Crippen LogP contribution in [0, 0.1) is 5.82 Å². The van der Waals surface area contributed by atoms with Gasteiger partial charge in [-0.05, 0) is 30.3 Å². The summed E-state index contributed by atoms with van der Waals surface area (Å²) in [6, 6.07) is 8.86. The zero-order valence-corrected chi connectivity index (χ0v) is 16.3. The third-order valence-electron chi connectivity index (χ3n) is 4.61. The molecule has 148 valence electrons. The number of rotatable bonds is 4. The molecule has 0 saturated carbocycles. The maximum atomic E-state index is 13.9. The summed E-state index contributed by atoms with van der Waals surface area (Å²) in [7, 11) is 3.03. The van der Waals surface area contributed by atoms with Gasteiger partial charge in [0.15, 0.2) is 0 Å². The van der Waals surface area contributed by atoms with Gasteiger partial charge in [-0.1, -0.05) is 11.6 Å². The van der Waals surface area contributed by atoms with Gasteiger partial charge in [-0.15, -0.1) is 0 Å². The molecule has 0 aromatic heterocycles. The molecular formula is C20H20ClFN2O4. The number of hydrogen-bond acceptors (Lipinski definition) is 4. The maximum Gasteiger partial charge on any atom is 0.257 e. The summed E-state index contributed by atoms with van der Waals surface area (Å²) in [5, 5.41) is 0.297. The molecule has 0 radical (unpaired) electrons. The predicted molar refractivity (Wildman–Crippen MR) is 103 cm³/mol. The van der Waals surface area contributed by atoms with Gasteiger partial charge in [-0.25, -0.2) is 4.39 Å². The monoisotopic (exact) mass is 406 g/mol. The standard InChI is InChI=1S/C20H20ClFN2O4/c1-27-15-9-13(10-16(12-15)28-2)19(25)23-5-7-24(8-6-23)20(26)17-11-14(21)3-4-18(17)22/h3-4,9-12H,5-8H2,1-2H3. The molecule has 1 fully saturated rings. The summed E-state index contributed by atoms with van der Waals surface area (Å²) < 4.78 is 24.4. The second-order valence-corrected chi connectivity index (χ2v) is 6.75. The Kier molecular flexibility index (Phi) is 6.04. The predicted octanol–water partition coefficient (Wildman–Crippen LogP) is 3.09. The summed E-state index contributed by atoms with van der Waals surface area (Å²) in [6.07, 6.45) is 0. The van der Waals surface area contributed by atoms with Crippen molar-refractivity contribution in [3.63, 3.8) is 0 Å². The van der Waals surface area contributed by atoms with Gasteiger partial charge in [0.25, 0.3) is 11.8 Å². The first kappa shape index (κ1) is 19.9. The molecule has 8 heteroatoms. The molecule has 0 N–H and O–H groups in total. The molecule has 0 atom stereocenters. The molecule has 6 nitrogen and oxygen atoms in total. The highest BCUT2D eigenvalue weighted by Crippen LogP contribution is 2.24. The topological polar surface area (TPSA) is 59.1 Å². The number of hydrogen-bond donors (Lipinski definition) is 0. The van der Waals surface area contributed by atoms with E-state index in [1.54, 1.807) is 23.1 Å². The third kappa shape index (κ3) is 4.20. The SMILES string of the molecule is COc1cc(OC)cc(C(=O)N2CCN(C(=O)c3cc(Cl)ccc3F)CC2)c1. The zero-order chi connectivity index (χ0) is 20.3. The molecule has 28 heavy (non-hydrogen) atoms. The lowest BCUT2D eigenvalue weighted by atomic mass is 10.1. The van der Waals surface area contributed by atoms with E-state index >= 15 is 0 Å². The number of halogens is 2. The highest BCUT2D eigenvalue weighted by Gasteiger charge is 2.27. The molecule has 1 aliphatic heterocycles. The molecule has 0 aliphatic carbocycles. The van der Waals surface area contributed by atoms with Crippen molar-refractivity contribution in [2.24, 2.45) is 0 Å². The molecule has 0 unspecified atom stereocenters. The Hall–Kier alpha value is -2.80. The minimum atomic E-state index is -0.614. The van der Waals surface area contributed by atoms with E-state index in [0.717, 1.165) is 0 Å². The molecular weight excluding hydrogens is 387 g/mol. The lowest BCUT2D eigenvalue weighted by molar-refractivity contribution is 0.0532. The molecule has 0 bridgehead atoms. The van der Waals surface area contributed by atoms with Gasteiger partial charge in [0, 0.05) is 42.8 Å². The van der Waals surface area contributed by atoms with Crippen molar-refractivity contribution >= 4 is 23.4 Å². The van der Waals surface area contributed by atoms with E-state index in [-0.39, 0.29) is 11.5 Å². The Morgan fingerprint density at radius 3 is 1.96 bits per heavy atom. The molecule has 2 aromatic rings. The smallest absolute Gasteiger partial charge is 0.257 e. The van der Waals surface area contributed by atoms with Crippen LogP contribution in [0.4, 0.5) is 4.39 Å². The molecule has 1 aliphatic rings. The Bertz CT molecular complexity index is 876. The van der Waals surface area contributed by atoms with Gasteiger partial charge in [0.1, 0.15) is 17.3 Å². The van der Waals surface area contributed by atoms with Crippen LogP contribution in [0.5, 0.6) is 11.5 Å². The van der Waals surface area contributed by atoms with Crippen molar-refractivity contribution in [3.8, 4) is 11.5 Å². The van der Waals surface area contributed by atoms with E-state index in [1.807, 2.05) is 0 Å². The quantitative estimate of drug-likeness (QED) is 0.783. The number of benzene rings is 2. The van der Waals surface area contributed by atoms with E-state index in [2.05, 4.69) is 0 Å². The first-order chi connectivity index (χ1) is 13.4. The summed E-state index contributed by atoms with van der Waals surface area (Å²) >= 11 is 5.87. The molecule has 1 saturated heterocycles.